The van der Waals surface area contributed by atoms with Crippen molar-refractivity contribution in [1.29, 1.82) is 10.5 Å². The van der Waals surface area contributed by atoms with Gasteiger partial charge in [0, 0.05) is 72.3 Å². The minimum absolute atomic E-state index is 0.000815. The van der Waals surface area contributed by atoms with Crippen molar-refractivity contribution in [3.63, 3.8) is 0 Å². The van der Waals surface area contributed by atoms with Crippen molar-refractivity contribution in [2.24, 2.45) is 0 Å². The number of aliphatic hydroxyl groups is 2. The van der Waals surface area contributed by atoms with Gasteiger partial charge >= 0.3 is 11.9 Å². The Labute approximate surface area is 414 Å². The van der Waals surface area contributed by atoms with E-state index in [0.717, 1.165) is 33.4 Å². The average Bonchev–Trinajstić information content (AvgIpc) is 3.35. The van der Waals surface area contributed by atoms with E-state index in [0.29, 0.717) is 66.4 Å². The number of pyridine rings is 2. The second-order valence-corrected chi connectivity index (χ2v) is 17.0. The third kappa shape index (κ3) is 14.4. The summed E-state index contributed by atoms with van der Waals surface area (Å²) in [5.41, 5.74) is 9.17. The molecule has 0 amide bonds. The molecular weight excluding hydrogens is 940 g/mol. The van der Waals surface area contributed by atoms with Crippen molar-refractivity contribution in [1.82, 2.24) is 20.6 Å². The first-order chi connectivity index (χ1) is 33.7. The third-order valence-corrected chi connectivity index (χ3v) is 11.8. The molecule has 4 aromatic carbocycles. The fourth-order valence-electron chi connectivity index (χ4n) is 7.24. The van der Waals surface area contributed by atoms with Gasteiger partial charge in [-0.3, -0.25) is 9.97 Å². The van der Waals surface area contributed by atoms with Gasteiger partial charge in [-0.15, -0.1) is 0 Å². The van der Waals surface area contributed by atoms with Crippen LogP contribution in [0.5, 0.6) is 23.0 Å². The number of ether oxygens (including phenoxy) is 4. The number of carboxylic acid groups (broad SMARTS) is 2. The molecule has 0 saturated carbocycles. The first kappa shape index (κ1) is 52.1. The standard InChI is InChI=1S/C52H50Cl2N6O10/c1-31-37(29-69-49-17-47(67-27-35-13-33(19-55)21-59-23-35)39(15-43(49)53)25-57-11-9-45(61)51(63)64)5-3-7-41(31)42-8-4-6-38(32(42)2)30-70-50-18-48(68-28-36-14-34(20-56)22-60-24-36)40(16-44(50)54)26-58-12-10-46(62)52(65)66/h3-8,13-18,21-24,45-46,57-58,61-62H,9-12,25-30H2,1-2H3,(H,63,64)(H,65,66)/t45-,46-/m0/s1. The second kappa shape index (κ2) is 25.4. The highest BCUT2D eigenvalue weighted by atomic mass is 35.5. The fraction of sp³-hybridized carbons (Fsp3) is 0.269. The number of halogens is 2. The Morgan fingerprint density at radius 3 is 1.37 bits per heavy atom. The van der Waals surface area contributed by atoms with Crippen LogP contribution in [0.4, 0.5) is 0 Å². The van der Waals surface area contributed by atoms with E-state index in [-0.39, 0.29) is 65.4 Å². The topological polar surface area (TPSA) is 249 Å². The van der Waals surface area contributed by atoms with E-state index >= 15 is 0 Å². The molecule has 18 heteroatoms. The van der Waals surface area contributed by atoms with Crippen LogP contribution >= 0.6 is 23.2 Å². The number of nitrogens with zero attached hydrogens (tertiary/aromatic N) is 4. The molecule has 6 N–H and O–H groups in total. The SMILES string of the molecule is Cc1c(COc2cc(OCc3cncc(C#N)c3)c(CNCC[C@H](O)C(=O)O)cc2Cl)cccc1-c1cccc(COc2cc(OCc3cncc(C#N)c3)c(CNCC[C@H](O)C(=O)O)cc2Cl)c1C. The highest BCUT2D eigenvalue weighted by Gasteiger charge is 2.19. The number of hydrogen-bond donors (Lipinski definition) is 6. The zero-order valence-electron chi connectivity index (χ0n) is 38.2. The fourth-order valence-corrected chi connectivity index (χ4v) is 7.72. The van der Waals surface area contributed by atoms with Gasteiger partial charge in [0.25, 0.3) is 0 Å². The van der Waals surface area contributed by atoms with Crippen molar-refractivity contribution in [3.8, 4) is 46.3 Å². The number of hydrogen-bond acceptors (Lipinski definition) is 14. The van der Waals surface area contributed by atoms with Crippen molar-refractivity contribution in [3.05, 3.63) is 163 Å². The largest absolute Gasteiger partial charge is 0.488 e. The van der Waals surface area contributed by atoms with Crippen molar-refractivity contribution >= 4 is 35.1 Å². The van der Waals surface area contributed by atoms with Crippen LogP contribution in [0.3, 0.4) is 0 Å². The van der Waals surface area contributed by atoms with Crippen molar-refractivity contribution in [2.75, 3.05) is 13.1 Å². The Morgan fingerprint density at radius 1 is 0.586 bits per heavy atom. The first-order valence-corrected chi connectivity index (χ1v) is 22.7. The zero-order chi connectivity index (χ0) is 50.2. The van der Waals surface area contributed by atoms with Gasteiger partial charge in [-0.2, -0.15) is 10.5 Å². The molecule has 0 spiro atoms. The number of carbonyl (C=O) groups is 2. The number of benzene rings is 4. The van der Waals surface area contributed by atoms with E-state index in [1.165, 1.54) is 12.4 Å². The van der Waals surface area contributed by atoms with Gasteiger partial charge in [-0.25, -0.2) is 9.59 Å². The van der Waals surface area contributed by atoms with Gasteiger partial charge in [0.05, 0.1) is 21.2 Å². The minimum Gasteiger partial charge on any atom is -0.488 e. The lowest BCUT2D eigenvalue weighted by molar-refractivity contribution is -0.147. The molecule has 0 fully saturated rings. The van der Waals surface area contributed by atoms with Crippen LogP contribution < -0.4 is 29.6 Å². The molecule has 0 unspecified atom stereocenters. The molecule has 0 aliphatic carbocycles. The summed E-state index contributed by atoms with van der Waals surface area (Å²) in [6.45, 7) is 5.49. The summed E-state index contributed by atoms with van der Waals surface area (Å²) in [6.07, 6.45) is 3.12. The van der Waals surface area contributed by atoms with Gasteiger partial charge in [-0.05, 0) is 97.4 Å². The number of nitriles is 2. The summed E-state index contributed by atoms with van der Waals surface area (Å²) >= 11 is 13.6. The molecule has 362 valence electrons. The number of nitrogens with one attached hydrogen (secondary N) is 2. The first-order valence-electron chi connectivity index (χ1n) is 22.0. The zero-order valence-corrected chi connectivity index (χ0v) is 39.8. The van der Waals surface area contributed by atoms with Gasteiger partial charge in [-0.1, -0.05) is 59.6 Å². The Balaban J connectivity index is 1.18. The maximum atomic E-state index is 11.1. The molecule has 6 aromatic rings. The quantitative estimate of drug-likeness (QED) is 0.0298. The predicted molar refractivity (Wildman–Crippen MR) is 259 cm³/mol. The number of aliphatic hydroxyl groups excluding tert-OH is 2. The molecule has 2 aromatic heterocycles. The summed E-state index contributed by atoms with van der Waals surface area (Å²) in [6, 6.07) is 26.2. The molecule has 70 heavy (non-hydrogen) atoms. The molecule has 16 nitrogen and oxygen atoms in total. The average molecular weight is 990 g/mol. The lowest BCUT2D eigenvalue weighted by atomic mass is 9.92. The van der Waals surface area contributed by atoms with Crippen LogP contribution in [0, 0.1) is 36.5 Å². The van der Waals surface area contributed by atoms with Crippen LogP contribution in [-0.2, 0) is 49.1 Å². The van der Waals surface area contributed by atoms with Gasteiger partial charge in [0.1, 0.15) is 61.6 Å². The Kier molecular flexibility index (Phi) is 18.9. The van der Waals surface area contributed by atoms with Crippen molar-refractivity contribution in [2.45, 2.75) is 78.4 Å². The summed E-state index contributed by atoms with van der Waals surface area (Å²) in [5.74, 6) is -0.990. The summed E-state index contributed by atoms with van der Waals surface area (Å²) < 4.78 is 25.1. The predicted octanol–water partition coefficient (Wildman–Crippen LogP) is 7.98. The van der Waals surface area contributed by atoms with Crippen LogP contribution in [0.25, 0.3) is 11.1 Å². The molecule has 6 rings (SSSR count). The third-order valence-electron chi connectivity index (χ3n) is 11.2. The Bertz CT molecular complexity index is 2710. The van der Waals surface area contributed by atoms with Crippen LogP contribution in [0.1, 0.15) is 68.5 Å². The molecular formula is C52H50Cl2N6O10. The number of aromatic nitrogens is 2. The van der Waals surface area contributed by atoms with Crippen LogP contribution in [0.15, 0.2) is 97.6 Å². The normalized spacial score (nSPS) is 11.8. The molecule has 0 saturated heterocycles. The lowest BCUT2D eigenvalue weighted by Gasteiger charge is -2.19. The number of rotatable bonds is 25. The Hall–Kier alpha value is -7.28. The van der Waals surface area contributed by atoms with Crippen LogP contribution in [-0.4, -0.2) is 67.6 Å². The van der Waals surface area contributed by atoms with Gasteiger partial charge in [0.2, 0.25) is 0 Å². The van der Waals surface area contributed by atoms with E-state index in [1.54, 1.807) is 48.8 Å². The molecule has 0 radical (unpaired) electrons. The molecule has 2 atom stereocenters. The van der Waals surface area contributed by atoms with Gasteiger partial charge < -0.3 is 50.0 Å². The van der Waals surface area contributed by atoms with E-state index in [9.17, 15) is 30.3 Å². The number of aliphatic carboxylic acids is 2. The van der Waals surface area contributed by atoms with Crippen molar-refractivity contribution < 1.29 is 49.0 Å². The van der Waals surface area contributed by atoms with Gasteiger partial charge in [0.15, 0.2) is 12.2 Å². The highest BCUT2D eigenvalue weighted by molar-refractivity contribution is 6.32. The maximum absolute atomic E-state index is 11.1. The van der Waals surface area contributed by atoms with E-state index in [1.807, 2.05) is 50.2 Å². The molecule has 0 aliphatic heterocycles. The molecule has 0 bridgehead atoms. The number of carboxylic acids is 2. The monoisotopic (exact) mass is 988 g/mol. The molecule has 0 aliphatic rings. The Morgan fingerprint density at radius 2 is 0.986 bits per heavy atom. The minimum atomic E-state index is -1.50. The second-order valence-electron chi connectivity index (χ2n) is 16.1. The van der Waals surface area contributed by atoms with E-state index < -0.39 is 24.1 Å². The lowest BCUT2D eigenvalue weighted by Crippen LogP contribution is -2.26. The highest BCUT2D eigenvalue weighted by Crippen LogP contribution is 2.37. The smallest absolute Gasteiger partial charge is 0.332 e. The molecule has 2 heterocycles. The maximum Gasteiger partial charge on any atom is 0.332 e. The summed E-state index contributed by atoms with van der Waals surface area (Å²) in [5, 5.41) is 63.1. The van der Waals surface area contributed by atoms with Crippen LogP contribution in [0.2, 0.25) is 10.0 Å². The van der Waals surface area contributed by atoms with E-state index in [4.69, 9.17) is 52.4 Å². The summed E-state index contributed by atoms with van der Waals surface area (Å²) in [4.78, 5) is 30.4. The van der Waals surface area contributed by atoms with E-state index in [2.05, 4.69) is 32.7 Å². The summed E-state index contributed by atoms with van der Waals surface area (Å²) in [7, 11) is 0.